The summed E-state index contributed by atoms with van der Waals surface area (Å²) in [5.41, 5.74) is 17.6. The number of amides is 3. The summed E-state index contributed by atoms with van der Waals surface area (Å²) < 4.78 is 11.8. The average Bonchev–Trinajstić information content (AvgIpc) is 0.700. The Morgan fingerprint density at radius 2 is 1.56 bits per heavy atom. The molecule has 3 unspecified atom stereocenters. The number of ether oxygens (including phenoxy) is 2. The summed E-state index contributed by atoms with van der Waals surface area (Å²) in [4.78, 5) is 68.2. The molecule has 3 N–H and O–H groups in total. The van der Waals surface area contributed by atoms with Crippen molar-refractivity contribution in [3.63, 3.8) is 0 Å². The van der Waals surface area contributed by atoms with Crippen molar-refractivity contribution in [3.8, 4) is 11.8 Å². The Kier molecular flexibility index (Phi) is 18.4. The van der Waals surface area contributed by atoms with Gasteiger partial charge >= 0.3 is 0 Å². The van der Waals surface area contributed by atoms with Crippen LogP contribution in [-0.2, 0) is 48.7 Å². The molecule has 11 rings (SSSR count). The second kappa shape index (κ2) is 26.0. The van der Waals surface area contributed by atoms with E-state index in [0.29, 0.717) is 62.3 Å². The predicted molar refractivity (Wildman–Crippen MR) is 350 cm³/mol. The molecule has 0 spiro atoms. The number of likely N-dealkylation sites (tertiary alicyclic amines) is 1. The van der Waals surface area contributed by atoms with Gasteiger partial charge in [0.2, 0.25) is 11.8 Å². The summed E-state index contributed by atoms with van der Waals surface area (Å²) in [6.45, 7) is 24.0. The number of ketones is 1. The van der Waals surface area contributed by atoms with Crippen molar-refractivity contribution >= 4 is 46.2 Å². The van der Waals surface area contributed by atoms with Crippen LogP contribution < -0.4 is 20.0 Å². The number of carbonyl (C=O) groups excluding carboxylic acids is 4. The van der Waals surface area contributed by atoms with Crippen molar-refractivity contribution in [1.82, 2.24) is 10.2 Å². The molecular weight excluding hydrogens is 1100 g/mol. The predicted octanol–water partition coefficient (Wildman–Crippen LogP) is 10.8. The number of benzene rings is 4. The molecule has 4 aromatic rings. The van der Waals surface area contributed by atoms with E-state index in [9.17, 15) is 24.3 Å². The van der Waals surface area contributed by atoms with Gasteiger partial charge in [-0.2, -0.15) is 0 Å². The zero-order valence-electron chi connectivity index (χ0n) is 53.6. The number of hydrogen-bond donors (Lipinski definition) is 3. The number of nitrogens with one attached hydrogen (secondary N) is 2. The number of piperidine rings is 1. The minimum atomic E-state index is -0.383. The molecule has 0 aromatic heterocycles. The van der Waals surface area contributed by atoms with Gasteiger partial charge in [-0.25, -0.2) is 0 Å². The topological polar surface area (TPSA) is 146 Å². The molecule has 0 radical (unpaired) electrons. The minimum Gasteiger partial charge on any atom is -0.511 e. The van der Waals surface area contributed by atoms with Crippen LogP contribution in [0.1, 0.15) is 168 Å². The highest BCUT2D eigenvalue weighted by Crippen LogP contribution is 2.56. The quantitative estimate of drug-likeness (QED) is 0.0451. The lowest BCUT2D eigenvalue weighted by atomic mass is 9.59. The smallest absolute Gasteiger partial charge is 0.254 e. The molecule has 13 nitrogen and oxygen atoms in total. The lowest BCUT2D eigenvalue weighted by molar-refractivity contribution is -0.964. The molecule has 0 bridgehead atoms. The fourth-order valence-corrected chi connectivity index (χ4v) is 15.7. The number of aliphatic hydroxyl groups is 1. The largest absolute Gasteiger partial charge is 0.511 e. The number of nitrogens with zero attached hydrogens (tertiary/aromatic N) is 4. The Bertz CT molecular complexity index is 3640. The molecule has 4 aliphatic heterocycles. The van der Waals surface area contributed by atoms with Crippen LogP contribution in [0.2, 0.25) is 0 Å². The lowest BCUT2D eigenvalue weighted by Crippen LogP contribution is -3.23. The van der Waals surface area contributed by atoms with E-state index in [1.54, 1.807) is 14.7 Å². The van der Waals surface area contributed by atoms with Crippen molar-refractivity contribution in [1.29, 1.82) is 0 Å². The van der Waals surface area contributed by atoms with E-state index in [0.717, 1.165) is 79.7 Å². The van der Waals surface area contributed by atoms with E-state index >= 15 is 0 Å². The molecule has 1 saturated heterocycles. The fourth-order valence-electron chi connectivity index (χ4n) is 15.7. The number of Topliss-reactive ketones (excluding diaryl/α,β-unsaturated/α-hetero) is 1. The molecule has 4 aromatic carbocycles. The number of quaternary nitrogens is 1. The number of aryl methyl sites for hydroxylation is 1. The number of para-hydroxylation sites is 1. The normalized spacial score (nSPS) is 21.2. The van der Waals surface area contributed by atoms with Gasteiger partial charge in [-0.05, 0) is 162 Å². The van der Waals surface area contributed by atoms with Crippen molar-refractivity contribution in [3.05, 3.63) is 169 Å². The number of aliphatic hydroxyl groups excluding tert-OH is 1. The molecule has 13 heteroatoms. The molecule has 1 fully saturated rings. The zero-order chi connectivity index (χ0) is 62.1. The maximum absolute atomic E-state index is 14.9. The summed E-state index contributed by atoms with van der Waals surface area (Å²) in [5.74, 6) is 6.49. The number of fused-ring (bicyclic) bond motifs is 6. The second-order valence-electron chi connectivity index (χ2n) is 27.4. The first kappa shape index (κ1) is 62.2. The van der Waals surface area contributed by atoms with Crippen LogP contribution in [0.15, 0.2) is 124 Å². The molecule has 3 atom stereocenters. The summed E-state index contributed by atoms with van der Waals surface area (Å²) in [6, 6.07) is 26.5. The van der Waals surface area contributed by atoms with Crippen LogP contribution in [0, 0.1) is 23.2 Å². The third-order valence-corrected chi connectivity index (χ3v) is 19.7. The van der Waals surface area contributed by atoms with E-state index in [1.165, 1.54) is 50.2 Å². The molecule has 462 valence electrons. The molecular formula is C75H91N6O7+. The molecule has 3 amide bonds. The SMILES string of the molecule is CC[NH+]1C2C=C3C(=C(c4ccccc4C(=O)N(C)CCCC(=O)NCCOCCOCCC(=NCCC(=O)N4Cc5ccccc5C#Cc5ccccc54)C4=C(O)CC(C)(C)CC4=O)c4cc5c6c(c4C3(C)C)CCCN6CCC5)C=C2C(C)CC1(C)C. The maximum atomic E-state index is 14.9. The molecule has 3 aliphatic carbocycles. The number of carbonyl (C=O) groups is 4. The van der Waals surface area contributed by atoms with Gasteiger partial charge in [-0.1, -0.05) is 95.0 Å². The molecule has 7 aliphatic rings. The van der Waals surface area contributed by atoms with Crippen molar-refractivity contribution in [2.45, 2.75) is 150 Å². The summed E-state index contributed by atoms with van der Waals surface area (Å²) in [5, 5.41) is 14.2. The van der Waals surface area contributed by atoms with Crippen LogP contribution >= 0.6 is 0 Å². The Labute approximate surface area is 522 Å². The summed E-state index contributed by atoms with van der Waals surface area (Å²) in [6.07, 6.45) is 12.5. The van der Waals surface area contributed by atoms with Gasteiger partial charge in [-0.3, -0.25) is 24.2 Å². The van der Waals surface area contributed by atoms with Crippen LogP contribution in [-0.4, -0.2) is 124 Å². The number of likely N-dealkylation sites (N-methyl/N-ethyl adjacent to an activating group) is 1. The third kappa shape index (κ3) is 12.6. The Morgan fingerprint density at radius 3 is 2.34 bits per heavy atom. The van der Waals surface area contributed by atoms with Crippen LogP contribution in [0.25, 0.3) is 5.57 Å². The van der Waals surface area contributed by atoms with E-state index in [4.69, 9.17) is 14.5 Å². The van der Waals surface area contributed by atoms with E-state index in [2.05, 4.69) is 94.0 Å². The number of aliphatic imine (C=N–C) groups is 1. The van der Waals surface area contributed by atoms with Gasteiger partial charge in [0.1, 0.15) is 11.8 Å². The first-order valence-corrected chi connectivity index (χ1v) is 32.5. The summed E-state index contributed by atoms with van der Waals surface area (Å²) in [7, 11) is 1.85. The van der Waals surface area contributed by atoms with Gasteiger partial charge in [0.15, 0.2) is 5.78 Å². The van der Waals surface area contributed by atoms with Gasteiger partial charge in [0.25, 0.3) is 5.91 Å². The highest BCUT2D eigenvalue weighted by atomic mass is 16.5. The fraction of sp³-hybridized carbons (Fsp3) is 0.480. The van der Waals surface area contributed by atoms with Gasteiger partial charge < -0.3 is 39.5 Å². The molecule has 0 saturated carbocycles. The Morgan fingerprint density at radius 1 is 0.841 bits per heavy atom. The molecule has 4 heterocycles. The van der Waals surface area contributed by atoms with Gasteiger partial charge in [0.05, 0.1) is 62.0 Å². The van der Waals surface area contributed by atoms with E-state index in [-0.39, 0.29) is 103 Å². The number of rotatable bonds is 20. The first-order chi connectivity index (χ1) is 42.3. The van der Waals surface area contributed by atoms with Crippen LogP contribution in [0.3, 0.4) is 0 Å². The summed E-state index contributed by atoms with van der Waals surface area (Å²) >= 11 is 0. The van der Waals surface area contributed by atoms with Crippen LogP contribution in [0.4, 0.5) is 11.4 Å². The number of hydrogen-bond acceptors (Lipinski definition) is 9. The number of anilines is 2. The second-order valence-corrected chi connectivity index (χ2v) is 27.4. The van der Waals surface area contributed by atoms with Gasteiger partial charge in [-0.15, -0.1) is 0 Å². The van der Waals surface area contributed by atoms with E-state index in [1.807, 2.05) is 81.6 Å². The van der Waals surface area contributed by atoms with Crippen LogP contribution in [0.5, 0.6) is 0 Å². The first-order valence-electron chi connectivity index (χ1n) is 32.5. The maximum Gasteiger partial charge on any atom is 0.254 e. The lowest BCUT2D eigenvalue weighted by Gasteiger charge is -2.51. The van der Waals surface area contributed by atoms with Crippen molar-refractivity contribution in [2.24, 2.45) is 16.3 Å². The Hall–Kier alpha value is -7.37. The zero-order valence-corrected chi connectivity index (χ0v) is 53.6. The highest BCUT2D eigenvalue weighted by Gasteiger charge is 2.50. The standard InChI is InChI=1S/C75H90N6O7/c1-10-81-63-44-60-58(43-57(63)49(2)45-74(81,5)6)68(59-42-52-23-17-36-79-37-18-26-56(71(52)79)70(59)75(60,7)8)54-24-14-15-25-55(54)72(86)78(9)35-19-28-66(84)77-34-39-88-41-40-87-38-32-61(69-64(82)46-73(3,4)47-65(69)83)76-33-31-67(85)80-48-53-22-12-11-20-50(53)29-30-51-21-13-16-27-62(51)80/h11-16,20-22,24-25,27,42-44,49,63,82H,10,17-19,23,26,28,31-41,45-48H2,1-9H3,(H,77,84)/p+1. The monoisotopic (exact) mass is 1190 g/mol. The number of allylic oxidation sites excluding steroid dienone is 5. The molecule has 88 heavy (non-hydrogen) atoms. The third-order valence-electron chi connectivity index (χ3n) is 19.7. The van der Waals surface area contributed by atoms with Crippen molar-refractivity contribution in [2.75, 3.05) is 82.5 Å². The Balaban J connectivity index is 0.687. The van der Waals surface area contributed by atoms with Crippen molar-refractivity contribution < 1.29 is 38.7 Å². The minimum absolute atomic E-state index is 0.0160. The van der Waals surface area contributed by atoms with E-state index < -0.39 is 0 Å². The average molecular weight is 1190 g/mol. The van der Waals surface area contributed by atoms with Gasteiger partial charge in [0, 0.05) is 106 Å². The highest BCUT2D eigenvalue weighted by molar-refractivity contribution is 6.23.